The van der Waals surface area contributed by atoms with E-state index in [0.29, 0.717) is 0 Å². The van der Waals surface area contributed by atoms with E-state index >= 15 is 0 Å². The number of imide groups is 2. The second kappa shape index (κ2) is 6.70. The second-order valence-electron chi connectivity index (χ2n) is 5.42. The largest absolute Gasteiger partial charge is 0.377 e. The SMILES string of the molecule is CC(C)OCCN1C(=O)C(=O)N([C@@H](C)c2ccccc2)C1=O. The summed E-state index contributed by atoms with van der Waals surface area (Å²) in [7, 11) is 0. The van der Waals surface area contributed by atoms with Crippen molar-refractivity contribution in [1.82, 2.24) is 9.80 Å². The van der Waals surface area contributed by atoms with Crippen LogP contribution in [0.1, 0.15) is 32.4 Å². The Balaban J connectivity index is 2.12. The highest BCUT2D eigenvalue weighted by molar-refractivity contribution is 6.44. The van der Waals surface area contributed by atoms with Crippen LogP contribution >= 0.6 is 0 Å². The van der Waals surface area contributed by atoms with Gasteiger partial charge in [0.05, 0.1) is 25.3 Å². The van der Waals surface area contributed by atoms with Crippen molar-refractivity contribution in [3.05, 3.63) is 35.9 Å². The van der Waals surface area contributed by atoms with Crippen molar-refractivity contribution in [3.63, 3.8) is 0 Å². The van der Waals surface area contributed by atoms with Crippen molar-refractivity contribution in [3.8, 4) is 0 Å². The van der Waals surface area contributed by atoms with Gasteiger partial charge in [0.15, 0.2) is 0 Å². The maximum Gasteiger partial charge on any atom is 0.334 e. The minimum Gasteiger partial charge on any atom is -0.377 e. The van der Waals surface area contributed by atoms with Gasteiger partial charge in [0.2, 0.25) is 0 Å². The van der Waals surface area contributed by atoms with Gasteiger partial charge in [-0.3, -0.25) is 14.5 Å². The summed E-state index contributed by atoms with van der Waals surface area (Å²) in [5, 5.41) is 0. The average Bonchev–Trinajstić information content (AvgIpc) is 2.71. The number of hydrogen-bond donors (Lipinski definition) is 0. The van der Waals surface area contributed by atoms with Crippen LogP contribution in [0.25, 0.3) is 0 Å². The molecule has 1 saturated heterocycles. The fourth-order valence-corrected chi connectivity index (χ4v) is 2.32. The molecule has 22 heavy (non-hydrogen) atoms. The molecule has 2 rings (SSSR count). The minimum absolute atomic E-state index is 0.00264. The molecule has 0 spiro atoms. The average molecular weight is 304 g/mol. The molecule has 1 aliphatic rings. The Morgan fingerprint density at radius 2 is 1.64 bits per heavy atom. The Labute approximate surface area is 129 Å². The molecule has 1 atom stereocenters. The third-order valence-corrected chi connectivity index (χ3v) is 3.52. The highest BCUT2D eigenvalue weighted by Crippen LogP contribution is 2.25. The molecule has 6 heteroatoms. The third kappa shape index (κ3) is 3.17. The number of benzene rings is 1. The lowest BCUT2D eigenvalue weighted by Crippen LogP contribution is -2.37. The molecule has 0 unspecified atom stereocenters. The summed E-state index contributed by atoms with van der Waals surface area (Å²) in [5.74, 6) is -1.58. The van der Waals surface area contributed by atoms with Crippen LogP contribution in [0.5, 0.6) is 0 Å². The summed E-state index contributed by atoms with van der Waals surface area (Å²) in [6, 6.07) is 8.07. The van der Waals surface area contributed by atoms with Crippen LogP contribution in [-0.4, -0.2) is 46.9 Å². The van der Waals surface area contributed by atoms with Gasteiger partial charge in [0, 0.05) is 0 Å². The smallest absolute Gasteiger partial charge is 0.334 e. The normalized spacial score (nSPS) is 16.8. The first-order valence-corrected chi connectivity index (χ1v) is 7.29. The maximum absolute atomic E-state index is 12.4. The van der Waals surface area contributed by atoms with Crippen LogP contribution in [0.15, 0.2) is 30.3 Å². The molecule has 1 heterocycles. The topological polar surface area (TPSA) is 66.9 Å². The van der Waals surface area contributed by atoms with Gasteiger partial charge in [-0.2, -0.15) is 0 Å². The van der Waals surface area contributed by atoms with Gasteiger partial charge in [0.1, 0.15) is 0 Å². The van der Waals surface area contributed by atoms with E-state index in [1.165, 1.54) is 0 Å². The van der Waals surface area contributed by atoms with E-state index in [0.717, 1.165) is 15.4 Å². The molecule has 4 amide bonds. The van der Waals surface area contributed by atoms with Crippen molar-refractivity contribution in [2.45, 2.75) is 32.9 Å². The summed E-state index contributed by atoms with van der Waals surface area (Å²) in [6.07, 6.45) is 0.00264. The van der Waals surface area contributed by atoms with Crippen LogP contribution in [-0.2, 0) is 14.3 Å². The Morgan fingerprint density at radius 3 is 2.23 bits per heavy atom. The molecular weight excluding hydrogens is 284 g/mol. The molecule has 0 saturated carbocycles. The van der Waals surface area contributed by atoms with Crippen molar-refractivity contribution in [2.75, 3.05) is 13.2 Å². The fraction of sp³-hybridized carbons (Fsp3) is 0.438. The zero-order valence-corrected chi connectivity index (χ0v) is 13.0. The van der Waals surface area contributed by atoms with Crippen LogP contribution < -0.4 is 0 Å². The van der Waals surface area contributed by atoms with Crippen molar-refractivity contribution in [1.29, 1.82) is 0 Å². The fourth-order valence-electron chi connectivity index (χ4n) is 2.32. The molecule has 1 aromatic carbocycles. The van der Waals surface area contributed by atoms with Crippen molar-refractivity contribution < 1.29 is 19.1 Å². The van der Waals surface area contributed by atoms with Gasteiger partial charge >= 0.3 is 17.8 Å². The quantitative estimate of drug-likeness (QED) is 0.595. The summed E-state index contributed by atoms with van der Waals surface area (Å²) in [5.41, 5.74) is 0.803. The molecule has 0 aromatic heterocycles. The number of ether oxygens (including phenoxy) is 1. The van der Waals surface area contributed by atoms with E-state index in [1.807, 2.05) is 44.2 Å². The van der Waals surface area contributed by atoms with Gasteiger partial charge in [0.25, 0.3) is 0 Å². The highest BCUT2D eigenvalue weighted by atomic mass is 16.5. The highest BCUT2D eigenvalue weighted by Gasteiger charge is 2.46. The number of urea groups is 1. The molecule has 1 aliphatic heterocycles. The lowest BCUT2D eigenvalue weighted by atomic mass is 10.1. The molecule has 0 bridgehead atoms. The van der Waals surface area contributed by atoms with Gasteiger partial charge in [-0.15, -0.1) is 0 Å². The summed E-state index contributed by atoms with van der Waals surface area (Å²) >= 11 is 0. The molecule has 1 aromatic rings. The first kappa shape index (κ1) is 16.2. The van der Waals surface area contributed by atoms with E-state index in [9.17, 15) is 14.4 Å². The number of hydrogen-bond acceptors (Lipinski definition) is 4. The predicted octanol–water partition coefficient (Wildman–Crippen LogP) is 1.96. The number of nitrogens with zero attached hydrogens (tertiary/aromatic N) is 2. The standard InChI is InChI=1S/C16H20N2O4/c1-11(2)22-10-9-17-14(19)15(20)18(16(17)21)12(3)13-7-5-4-6-8-13/h4-8,11-12H,9-10H2,1-3H3/t12-/m0/s1. The Morgan fingerprint density at radius 1 is 1.00 bits per heavy atom. The molecule has 118 valence electrons. The first-order chi connectivity index (χ1) is 10.4. The monoisotopic (exact) mass is 304 g/mol. The second-order valence-corrected chi connectivity index (χ2v) is 5.42. The van der Waals surface area contributed by atoms with Gasteiger partial charge in [-0.1, -0.05) is 30.3 Å². The molecular formula is C16H20N2O4. The molecule has 0 radical (unpaired) electrons. The number of carbonyl (C=O) groups excluding carboxylic acids is 3. The van der Waals surface area contributed by atoms with E-state index < -0.39 is 23.9 Å². The molecule has 1 fully saturated rings. The van der Waals surface area contributed by atoms with Crippen molar-refractivity contribution in [2.24, 2.45) is 0 Å². The molecule has 0 N–H and O–H groups in total. The summed E-state index contributed by atoms with van der Waals surface area (Å²) < 4.78 is 5.34. The van der Waals surface area contributed by atoms with Crippen molar-refractivity contribution >= 4 is 17.8 Å². The lowest BCUT2D eigenvalue weighted by Gasteiger charge is -2.22. The van der Waals surface area contributed by atoms with Crippen LogP contribution in [0, 0.1) is 0 Å². The van der Waals surface area contributed by atoms with Gasteiger partial charge in [-0.25, -0.2) is 9.69 Å². The Bertz CT molecular complexity index is 571. The van der Waals surface area contributed by atoms with E-state index in [4.69, 9.17) is 4.74 Å². The number of amides is 4. The zero-order valence-electron chi connectivity index (χ0n) is 13.0. The minimum atomic E-state index is -0.792. The summed E-state index contributed by atoms with van der Waals surface area (Å²) in [4.78, 5) is 38.4. The maximum atomic E-state index is 12.4. The van der Waals surface area contributed by atoms with Gasteiger partial charge < -0.3 is 4.74 Å². The van der Waals surface area contributed by atoms with Crippen LogP contribution in [0.3, 0.4) is 0 Å². The third-order valence-electron chi connectivity index (χ3n) is 3.52. The number of carbonyl (C=O) groups is 3. The zero-order chi connectivity index (χ0) is 16.3. The molecule has 6 nitrogen and oxygen atoms in total. The Hall–Kier alpha value is -2.21. The first-order valence-electron chi connectivity index (χ1n) is 7.29. The van der Waals surface area contributed by atoms with E-state index in [2.05, 4.69) is 0 Å². The van der Waals surface area contributed by atoms with Crippen LogP contribution in [0.2, 0.25) is 0 Å². The van der Waals surface area contributed by atoms with Crippen LogP contribution in [0.4, 0.5) is 4.79 Å². The lowest BCUT2D eigenvalue weighted by molar-refractivity contribution is -0.144. The Kier molecular flexibility index (Phi) is 4.92. The van der Waals surface area contributed by atoms with E-state index in [1.54, 1.807) is 6.92 Å². The van der Waals surface area contributed by atoms with Gasteiger partial charge in [-0.05, 0) is 26.3 Å². The summed E-state index contributed by atoms with van der Waals surface area (Å²) in [6.45, 7) is 5.76. The predicted molar refractivity (Wildman–Crippen MR) is 79.9 cm³/mol. The molecule has 0 aliphatic carbocycles. The van der Waals surface area contributed by atoms with E-state index in [-0.39, 0.29) is 19.3 Å². The number of rotatable bonds is 6.